The predicted molar refractivity (Wildman–Crippen MR) is 165 cm³/mol. The van der Waals surface area contributed by atoms with Gasteiger partial charge in [-0.1, -0.05) is 68.2 Å². The summed E-state index contributed by atoms with van der Waals surface area (Å²) in [5.41, 5.74) is 1.97. The van der Waals surface area contributed by atoms with Gasteiger partial charge in [0.25, 0.3) is 11.5 Å². The molecule has 0 atom stereocenters. The summed E-state index contributed by atoms with van der Waals surface area (Å²) in [4.78, 5) is 39.4. The topological polar surface area (TPSA) is 120 Å². The first-order valence-electron chi connectivity index (χ1n) is 13.6. The van der Waals surface area contributed by atoms with Crippen LogP contribution in [-0.4, -0.2) is 50.7 Å². The minimum Gasteiger partial charge on any atom is -0.464 e. The van der Waals surface area contributed by atoms with Crippen molar-refractivity contribution in [3.8, 4) is 11.3 Å². The van der Waals surface area contributed by atoms with Gasteiger partial charge in [-0.05, 0) is 29.8 Å². The summed E-state index contributed by atoms with van der Waals surface area (Å²) in [5.74, 6) is -0.468. The summed E-state index contributed by atoms with van der Waals surface area (Å²) in [5, 5.41) is 17.9. The smallest absolute Gasteiger partial charge is 0.416 e. The van der Waals surface area contributed by atoms with Crippen LogP contribution in [0.2, 0.25) is 25.7 Å². The zero-order chi connectivity index (χ0) is 29.9. The Morgan fingerprint density at radius 2 is 1.74 bits per heavy atom. The van der Waals surface area contributed by atoms with Crippen molar-refractivity contribution in [3.63, 3.8) is 0 Å². The molecule has 0 aliphatic carbocycles. The van der Waals surface area contributed by atoms with Crippen LogP contribution in [0.3, 0.4) is 0 Å². The molecule has 0 fully saturated rings. The summed E-state index contributed by atoms with van der Waals surface area (Å²) in [6, 6.07) is 20.8. The lowest BCUT2D eigenvalue weighted by atomic mass is 10.1. The second-order valence-electron chi connectivity index (χ2n) is 11.3. The highest BCUT2D eigenvalue weighted by molar-refractivity contribution is 6.76. The van der Waals surface area contributed by atoms with E-state index in [1.165, 1.54) is 16.8 Å². The molecule has 0 aliphatic heterocycles. The average molecular weight is 584 g/mol. The van der Waals surface area contributed by atoms with Gasteiger partial charge < -0.3 is 15.2 Å². The SMILES string of the molecule is C[Si](C)(C)CCOCn1cc(C(=O)Nc2cnn(Cc3ccccc3)c2)cc(-c2cc3ccccc3n2C(=O)O)c1=O. The van der Waals surface area contributed by atoms with Gasteiger partial charge in [-0.3, -0.25) is 18.8 Å². The molecule has 0 saturated heterocycles. The molecule has 5 rings (SSSR count). The second-order valence-corrected chi connectivity index (χ2v) is 17.0. The van der Waals surface area contributed by atoms with E-state index in [4.69, 9.17) is 4.74 Å². The van der Waals surface area contributed by atoms with Crippen molar-refractivity contribution in [1.82, 2.24) is 18.9 Å². The first kappa shape index (κ1) is 28.8. The minimum atomic E-state index is -1.36. The van der Waals surface area contributed by atoms with E-state index in [2.05, 4.69) is 30.1 Å². The number of carbonyl (C=O) groups is 2. The molecule has 0 bridgehead atoms. The number of hydrogen-bond donors (Lipinski definition) is 2. The second kappa shape index (κ2) is 12.0. The number of aromatic nitrogens is 4. The Morgan fingerprint density at radius 1 is 1.00 bits per heavy atom. The molecule has 3 aromatic heterocycles. The highest BCUT2D eigenvalue weighted by Crippen LogP contribution is 2.27. The number of nitrogens with one attached hydrogen (secondary N) is 1. The molecule has 3 heterocycles. The summed E-state index contributed by atoms with van der Waals surface area (Å²) in [6.45, 7) is 7.65. The maximum Gasteiger partial charge on any atom is 0.416 e. The van der Waals surface area contributed by atoms with Crippen LogP contribution < -0.4 is 10.9 Å². The summed E-state index contributed by atoms with van der Waals surface area (Å²) in [6.07, 6.45) is 3.49. The fourth-order valence-corrected chi connectivity index (χ4v) is 5.38. The van der Waals surface area contributed by atoms with Crippen molar-refractivity contribution in [3.05, 3.63) is 107 Å². The molecule has 0 unspecified atom stereocenters. The molecule has 0 saturated carbocycles. The number of para-hydroxylation sites is 1. The maximum absolute atomic E-state index is 13.7. The first-order valence-corrected chi connectivity index (χ1v) is 17.3. The van der Waals surface area contributed by atoms with Crippen LogP contribution in [0.1, 0.15) is 15.9 Å². The number of carboxylic acid groups (broad SMARTS) is 1. The number of benzene rings is 2. The average Bonchev–Trinajstić information content (AvgIpc) is 3.56. The van der Waals surface area contributed by atoms with Gasteiger partial charge in [-0.25, -0.2) is 9.36 Å². The molecule has 5 aromatic rings. The number of ether oxygens (including phenoxy) is 1. The fourth-order valence-electron chi connectivity index (χ4n) is 4.63. The van der Waals surface area contributed by atoms with E-state index in [-0.39, 0.29) is 23.6 Å². The molecular weight excluding hydrogens is 550 g/mol. The van der Waals surface area contributed by atoms with E-state index < -0.39 is 25.6 Å². The largest absolute Gasteiger partial charge is 0.464 e. The lowest BCUT2D eigenvalue weighted by Crippen LogP contribution is -2.28. The molecule has 2 N–H and O–H groups in total. The summed E-state index contributed by atoms with van der Waals surface area (Å²) < 4.78 is 9.95. The van der Waals surface area contributed by atoms with Crippen molar-refractivity contribution in [2.45, 2.75) is 39.0 Å². The molecule has 216 valence electrons. The van der Waals surface area contributed by atoms with Crippen LogP contribution in [0.15, 0.2) is 90.1 Å². The van der Waals surface area contributed by atoms with Gasteiger partial charge >= 0.3 is 6.09 Å². The Hall–Kier alpha value is -4.74. The number of hydrogen-bond acceptors (Lipinski definition) is 5. The van der Waals surface area contributed by atoms with E-state index in [1.54, 1.807) is 47.4 Å². The minimum absolute atomic E-state index is 0.0697. The van der Waals surface area contributed by atoms with Crippen LogP contribution in [-0.2, 0) is 18.0 Å². The lowest BCUT2D eigenvalue weighted by molar-refractivity contribution is 0.0844. The third-order valence-electron chi connectivity index (χ3n) is 6.83. The molecule has 0 radical (unpaired) electrons. The number of anilines is 1. The molecule has 42 heavy (non-hydrogen) atoms. The van der Waals surface area contributed by atoms with E-state index in [0.29, 0.717) is 29.7 Å². The Balaban J connectivity index is 1.49. The zero-order valence-electron chi connectivity index (χ0n) is 23.8. The Morgan fingerprint density at radius 3 is 2.48 bits per heavy atom. The number of rotatable bonds is 10. The van der Waals surface area contributed by atoms with Crippen LogP contribution in [0.4, 0.5) is 10.5 Å². The predicted octanol–water partition coefficient (Wildman–Crippen LogP) is 5.81. The monoisotopic (exact) mass is 583 g/mol. The summed E-state index contributed by atoms with van der Waals surface area (Å²) in [7, 11) is -1.36. The van der Waals surface area contributed by atoms with Crippen molar-refractivity contribution >= 4 is 36.7 Å². The third kappa shape index (κ3) is 6.59. The van der Waals surface area contributed by atoms with Crippen LogP contribution in [0, 0.1) is 0 Å². The highest BCUT2D eigenvalue weighted by Gasteiger charge is 2.21. The molecule has 2 aromatic carbocycles. The normalized spacial score (nSPS) is 11.6. The molecule has 1 amide bonds. The third-order valence-corrected chi connectivity index (χ3v) is 8.54. The standard InChI is InChI=1S/C31H33N5O5Si/c1-42(2,3)14-13-41-21-34-19-24(29(37)33-25-17-32-35(20-25)18-22-9-5-4-6-10-22)15-26(30(34)38)28-16-23-11-7-8-12-27(23)36(28)31(39)40/h4-12,15-17,19-20H,13-14,18,21H2,1-3H3,(H,33,37)(H,39,40). The molecule has 11 heteroatoms. The van der Waals surface area contributed by atoms with Crippen molar-refractivity contribution in [2.75, 3.05) is 11.9 Å². The number of carbonyl (C=O) groups excluding carboxylic acids is 1. The van der Waals surface area contributed by atoms with Crippen LogP contribution >= 0.6 is 0 Å². The van der Waals surface area contributed by atoms with Crippen molar-refractivity contribution in [2.24, 2.45) is 0 Å². The molecule has 10 nitrogen and oxygen atoms in total. The van der Waals surface area contributed by atoms with E-state index in [0.717, 1.165) is 16.2 Å². The van der Waals surface area contributed by atoms with Gasteiger partial charge in [0.15, 0.2) is 0 Å². The van der Waals surface area contributed by atoms with Gasteiger partial charge in [-0.15, -0.1) is 0 Å². The quantitative estimate of drug-likeness (QED) is 0.158. The van der Waals surface area contributed by atoms with Gasteiger partial charge in [0.05, 0.1) is 40.8 Å². The van der Waals surface area contributed by atoms with E-state index in [1.807, 2.05) is 30.3 Å². The van der Waals surface area contributed by atoms with Crippen LogP contribution in [0.25, 0.3) is 22.2 Å². The highest BCUT2D eigenvalue weighted by atomic mass is 28.3. The Bertz CT molecular complexity index is 1800. The van der Waals surface area contributed by atoms with Crippen LogP contribution in [0.5, 0.6) is 0 Å². The van der Waals surface area contributed by atoms with E-state index >= 15 is 0 Å². The van der Waals surface area contributed by atoms with Gasteiger partial charge in [0.2, 0.25) is 0 Å². The zero-order valence-corrected chi connectivity index (χ0v) is 24.8. The number of fused-ring (bicyclic) bond motifs is 1. The molecule has 0 aliphatic rings. The van der Waals surface area contributed by atoms with Gasteiger partial charge in [-0.2, -0.15) is 5.10 Å². The Labute approximate surface area is 243 Å². The maximum atomic E-state index is 13.7. The fraction of sp³-hybridized carbons (Fsp3) is 0.226. The Kier molecular flexibility index (Phi) is 8.23. The van der Waals surface area contributed by atoms with Crippen molar-refractivity contribution in [1.29, 1.82) is 0 Å². The first-order chi connectivity index (χ1) is 20.1. The number of pyridine rings is 1. The van der Waals surface area contributed by atoms with Crippen molar-refractivity contribution < 1.29 is 19.4 Å². The molecular formula is C31H33N5O5Si. The summed E-state index contributed by atoms with van der Waals surface area (Å²) >= 11 is 0. The number of amides is 1. The van der Waals surface area contributed by atoms with Gasteiger partial charge in [0.1, 0.15) is 6.73 Å². The van der Waals surface area contributed by atoms with E-state index in [9.17, 15) is 19.5 Å². The number of nitrogens with zero attached hydrogens (tertiary/aromatic N) is 4. The lowest BCUT2D eigenvalue weighted by Gasteiger charge is -2.17. The van der Waals surface area contributed by atoms with Gasteiger partial charge in [0, 0.05) is 32.5 Å². The molecule has 0 spiro atoms.